The van der Waals surface area contributed by atoms with E-state index in [0.29, 0.717) is 6.04 Å². The van der Waals surface area contributed by atoms with Gasteiger partial charge in [-0.1, -0.05) is 30.7 Å². The van der Waals surface area contributed by atoms with E-state index in [-0.39, 0.29) is 0 Å². The molecule has 3 nitrogen and oxygen atoms in total. The van der Waals surface area contributed by atoms with Crippen molar-refractivity contribution in [1.82, 2.24) is 9.55 Å². The SMILES string of the molecule is CCc1nc2n(c1N(C)C)C(C)Cc1cc(C)ccc1-2. The van der Waals surface area contributed by atoms with Crippen LogP contribution in [-0.2, 0) is 12.8 Å². The molecule has 1 aromatic heterocycles. The number of imidazole rings is 1. The second-order valence-corrected chi connectivity index (χ2v) is 6.04. The van der Waals surface area contributed by atoms with Gasteiger partial charge < -0.3 is 9.47 Å². The summed E-state index contributed by atoms with van der Waals surface area (Å²) in [4.78, 5) is 7.13. The summed E-state index contributed by atoms with van der Waals surface area (Å²) in [7, 11) is 4.22. The van der Waals surface area contributed by atoms with Crippen molar-refractivity contribution in [2.24, 2.45) is 0 Å². The van der Waals surface area contributed by atoms with Crippen LogP contribution in [0.3, 0.4) is 0 Å². The van der Waals surface area contributed by atoms with E-state index in [1.165, 1.54) is 28.2 Å². The Kier molecular flexibility index (Phi) is 3.08. The average Bonchev–Trinajstić information content (AvgIpc) is 2.78. The molecule has 0 bridgehead atoms. The number of rotatable bonds is 2. The first-order valence-electron chi connectivity index (χ1n) is 7.41. The maximum absolute atomic E-state index is 4.93. The Labute approximate surface area is 121 Å². The lowest BCUT2D eigenvalue weighted by Crippen LogP contribution is -2.22. The smallest absolute Gasteiger partial charge is 0.142 e. The van der Waals surface area contributed by atoms with Gasteiger partial charge in [-0.15, -0.1) is 0 Å². The standard InChI is InChI=1S/C17H23N3/c1-6-15-17(19(4)5)20-12(3)10-13-9-11(2)7-8-14(13)16(20)18-15/h7-9,12H,6,10H2,1-5H3. The maximum atomic E-state index is 4.93. The van der Waals surface area contributed by atoms with Crippen LogP contribution in [0, 0.1) is 6.92 Å². The molecule has 20 heavy (non-hydrogen) atoms. The number of aromatic nitrogens is 2. The second kappa shape index (κ2) is 4.65. The molecule has 0 aliphatic carbocycles. The fourth-order valence-corrected chi connectivity index (χ4v) is 3.31. The van der Waals surface area contributed by atoms with Gasteiger partial charge in [-0.2, -0.15) is 0 Å². The quantitative estimate of drug-likeness (QED) is 0.830. The average molecular weight is 269 g/mol. The molecule has 1 aliphatic heterocycles. The zero-order valence-corrected chi connectivity index (χ0v) is 13.1. The molecule has 0 radical (unpaired) electrons. The van der Waals surface area contributed by atoms with Crippen LogP contribution in [0.1, 0.15) is 36.7 Å². The lowest BCUT2D eigenvalue weighted by atomic mass is 9.94. The molecule has 2 heterocycles. The maximum Gasteiger partial charge on any atom is 0.142 e. The summed E-state index contributed by atoms with van der Waals surface area (Å²) in [5.74, 6) is 2.40. The van der Waals surface area contributed by atoms with Crippen molar-refractivity contribution < 1.29 is 0 Å². The Morgan fingerprint density at radius 1 is 1.35 bits per heavy atom. The van der Waals surface area contributed by atoms with E-state index in [1.54, 1.807) is 0 Å². The van der Waals surface area contributed by atoms with Gasteiger partial charge in [0.1, 0.15) is 11.6 Å². The number of fused-ring (bicyclic) bond motifs is 3. The molecule has 1 unspecified atom stereocenters. The van der Waals surface area contributed by atoms with Gasteiger partial charge in [0.15, 0.2) is 0 Å². The fourth-order valence-electron chi connectivity index (χ4n) is 3.31. The van der Waals surface area contributed by atoms with Gasteiger partial charge in [-0.3, -0.25) is 0 Å². The van der Waals surface area contributed by atoms with Gasteiger partial charge in [0.2, 0.25) is 0 Å². The van der Waals surface area contributed by atoms with Gasteiger partial charge >= 0.3 is 0 Å². The molecule has 3 heteroatoms. The van der Waals surface area contributed by atoms with Crippen LogP contribution < -0.4 is 4.90 Å². The highest BCUT2D eigenvalue weighted by Crippen LogP contribution is 2.39. The molecular formula is C17H23N3. The number of nitrogens with zero attached hydrogens (tertiary/aromatic N) is 3. The summed E-state index contributed by atoms with van der Waals surface area (Å²) in [6.45, 7) is 6.64. The molecular weight excluding hydrogens is 246 g/mol. The second-order valence-electron chi connectivity index (χ2n) is 6.04. The van der Waals surface area contributed by atoms with E-state index in [4.69, 9.17) is 4.98 Å². The summed E-state index contributed by atoms with van der Waals surface area (Å²) in [6, 6.07) is 7.19. The Bertz CT molecular complexity index is 652. The van der Waals surface area contributed by atoms with Gasteiger partial charge in [0, 0.05) is 25.7 Å². The third kappa shape index (κ3) is 1.84. The molecule has 106 valence electrons. The lowest BCUT2D eigenvalue weighted by Gasteiger charge is -2.28. The first kappa shape index (κ1) is 13.2. The van der Waals surface area contributed by atoms with Crippen molar-refractivity contribution in [2.75, 3.05) is 19.0 Å². The minimum atomic E-state index is 0.462. The van der Waals surface area contributed by atoms with Crippen LogP contribution in [0.5, 0.6) is 0 Å². The zero-order valence-electron chi connectivity index (χ0n) is 13.1. The highest BCUT2D eigenvalue weighted by molar-refractivity contribution is 5.68. The Hall–Kier alpha value is -1.77. The van der Waals surface area contributed by atoms with Crippen molar-refractivity contribution in [3.63, 3.8) is 0 Å². The van der Waals surface area contributed by atoms with Crippen molar-refractivity contribution in [2.45, 2.75) is 39.7 Å². The molecule has 0 fully saturated rings. The number of hydrogen-bond donors (Lipinski definition) is 0. The van der Waals surface area contributed by atoms with Crippen LogP contribution in [-0.4, -0.2) is 23.6 Å². The van der Waals surface area contributed by atoms with E-state index in [0.717, 1.165) is 18.7 Å². The predicted octanol–water partition coefficient (Wildman–Crippen LogP) is 3.60. The molecule has 2 aromatic rings. The van der Waals surface area contributed by atoms with Crippen LogP contribution >= 0.6 is 0 Å². The van der Waals surface area contributed by atoms with Crippen molar-refractivity contribution in [3.05, 3.63) is 35.0 Å². The Morgan fingerprint density at radius 2 is 2.10 bits per heavy atom. The normalized spacial score (nSPS) is 16.8. The summed E-state index contributed by atoms with van der Waals surface area (Å²) < 4.78 is 2.41. The highest BCUT2D eigenvalue weighted by atomic mass is 15.3. The predicted molar refractivity (Wildman–Crippen MR) is 84.5 cm³/mol. The molecule has 0 saturated carbocycles. The van der Waals surface area contributed by atoms with Crippen molar-refractivity contribution in [1.29, 1.82) is 0 Å². The zero-order chi connectivity index (χ0) is 14.4. The van der Waals surface area contributed by atoms with E-state index in [1.807, 2.05) is 0 Å². The fraction of sp³-hybridized carbons (Fsp3) is 0.471. The first-order valence-corrected chi connectivity index (χ1v) is 7.41. The Balaban J connectivity index is 2.28. The van der Waals surface area contributed by atoms with Crippen LogP contribution in [0.4, 0.5) is 5.82 Å². The van der Waals surface area contributed by atoms with E-state index < -0.39 is 0 Å². The minimum Gasteiger partial charge on any atom is -0.363 e. The summed E-state index contributed by atoms with van der Waals surface area (Å²) in [5.41, 5.74) is 5.27. The van der Waals surface area contributed by atoms with E-state index >= 15 is 0 Å². The third-order valence-corrected chi connectivity index (χ3v) is 4.17. The molecule has 0 saturated heterocycles. The number of hydrogen-bond acceptors (Lipinski definition) is 2. The minimum absolute atomic E-state index is 0.462. The number of aryl methyl sites for hydroxylation is 2. The molecule has 1 aromatic carbocycles. The van der Waals surface area contributed by atoms with Crippen molar-refractivity contribution >= 4 is 5.82 Å². The van der Waals surface area contributed by atoms with Crippen LogP contribution in [0.15, 0.2) is 18.2 Å². The summed E-state index contributed by atoms with van der Waals surface area (Å²) in [5, 5.41) is 0. The highest BCUT2D eigenvalue weighted by Gasteiger charge is 2.28. The van der Waals surface area contributed by atoms with Crippen LogP contribution in [0.2, 0.25) is 0 Å². The third-order valence-electron chi connectivity index (χ3n) is 4.17. The van der Waals surface area contributed by atoms with E-state index in [2.05, 4.69) is 62.5 Å². The van der Waals surface area contributed by atoms with Gasteiger partial charge in [0.05, 0.1) is 5.69 Å². The van der Waals surface area contributed by atoms with E-state index in [9.17, 15) is 0 Å². The molecule has 1 atom stereocenters. The topological polar surface area (TPSA) is 21.1 Å². The first-order chi connectivity index (χ1) is 9.52. The molecule has 0 amide bonds. The van der Waals surface area contributed by atoms with Gasteiger partial charge in [-0.25, -0.2) is 4.98 Å². The van der Waals surface area contributed by atoms with Gasteiger partial charge in [0.25, 0.3) is 0 Å². The van der Waals surface area contributed by atoms with Crippen molar-refractivity contribution in [3.8, 4) is 11.4 Å². The van der Waals surface area contributed by atoms with Gasteiger partial charge in [-0.05, 0) is 32.3 Å². The molecule has 0 spiro atoms. The summed E-state index contributed by atoms with van der Waals surface area (Å²) in [6.07, 6.45) is 2.06. The monoisotopic (exact) mass is 269 g/mol. The molecule has 0 N–H and O–H groups in total. The van der Waals surface area contributed by atoms with Crippen LogP contribution in [0.25, 0.3) is 11.4 Å². The molecule has 3 rings (SSSR count). The number of anilines is 1. The molecule has 1 aliphatic rings. The lowest BCUT2D eigenvalue weighted by molar-refractivity contribution is 0.536. The number of benzene rings is 1. The Morgan fingerprint density at radius 3 is 2.75 bits per heavy atom. The largest absolute Gasteiger partial charge is 0.363 e. The summed E-state index contributed by atoms with van der Waals surface area (Å²) >= 11 is 0.